The molecule has 2 rings (SSSR count). The molecule has 1 aromatic carbocycles. The Balaban J connectivity index is 0.00000312. The second-order valence-corrected chi connectivity index (χ2v) is 12.4. The summed E-state index contributed by atoms with van der Waals surface area (Å²) >= 11 is 0. The molecule has 0 unspecified atom stereocenters. The fourth-order valence-corrected chi connectivity index (χ4v) is 4.09. The van der Waals surface area contributed by atoms with E-state index in [-0.39, 0.29) is 20.1 Å². The summed E-state index contributed by atoms with van der Waals surface area (Å²) in [4.78, 5) is 4.65. The number of benzene rings is 1. The van der Waals surface area contributed by atoms with Gasteiger partial charge in [0.25, 0.3) is 0 Å². The van der Waals surface area contributed by atoms with E-state index in [2.05, 4.69) is 36.8 Å². The number of hydrogen-bond donors (Lipinski definition) is 0. The number of aromatic nitrogens is 1. The topological polar surface area (TPSA) is 12.9 Å². The zero-order chi connectivity index (χ0) is 18.3. The molecular formula is C20H28IrNSi-. The third kappa shape index (κ3) is 4.85. The van der Waals surface area contributed by atoms with Crippen LogP contribution in [0.5, 0.6) is 0 Å². The van der Waals surface area contributed by atoms with Crippen LogP contribution in [0.4, 0.5) is 0 Å². The van der Waals surface area contributed by atoms with Crippen LogP contribution in [0.2, 0.25) is 19.6 Å². The van der Waals surface area contributed by atoms with Crippen molar-refractivity contribution in [3.63, 3.8) is 0 Å². The number of hydrogen-bond acceptors (Lipinski definition) is 1. The maximum atomic E-state index is 8.53. The van der Waals surface area contributed by atoms with E-state index >= 15 is 0 Å². The van der Waals surface area contributed by atoms with Crippen molar-refractivity contribution in [2.24, 2.45) is 0 Å². The molecule has 0 amide bonds. The van der Waals surface area contributed by atoms with Crippen LogP contribution >= 0.6 is 0 Å². The van der Waals surface area contributed by atoms with Crippen LogP contribution in [0.25, 0.3) is 11.3 Å². The summed E-state index contributed by atoms with van der Waals surface area (Å²) in [5, 5.41) is 1.25. The van der Waals surface area contributed by atoms with Crippen LogP contribution in [0.1, 0.15) is 53.4 Å². The Bertz CT molecular complexity index is 723. The van der Waals surface area contributed by atoms with Crippen molar-refractivity contribution in [1.29, 1.82) is 0 Å². The molecule has 3 heteroatoms. The van der Waals surface area contributed by atoms with Crippen molar-refractivity contribution in [3.8, 4) is 11.3 Å². The Hall–Kier alpha value is -0.764. The van der Waals surface area contributed by atoms with Crippen LogP contribution in [0, 0.1) is 6.07 Å². The summed E-state index contributed by atoms with van der Waals surface area (Å²) in [6.45, 7) is 14.5. The average Bonchev–Trinajstić information content (AvgIpc) is 2.44. The van der Waals surface area contributed by atoms with Crippen molar-refractivity contribution >= 4 is 13.3 Å². The van der Waals surface area contributed by atoms with Gasteiger partial charge in [-0.2, -0.15) is 0 Å². The van der Waals surface area contributed by atoms with Gasteiger partial charge in [0.2, 0.25) is 0 Å². The number of rotatable bonds is 4. The summed E-state index contributed by atoms with van der Waals surface area (Å²) in [5.74, 6) is -1.28. The van der Waals surface area contributed by atoms with Crippen molar-refractivity contribution in [2.45, 2.75) is 59.1 Å². The second-order valence-electron chi connectivity index (χ2n) is 7.36. The van der Waals surface area contributed by atoms with Gasteiger partial charge in [-0.15, -0.1) is 35.4 Å². The first kappa shape index (κ1) is 17.1. The first-order chi connectivity index (χ1) is 10.8. The van der Waals surface area contributed by atoms with Crippen LogP contribution < -0.4 is 5.19 Å². The normalized spacial score (nSPS) is 13.9. The minimum atomic E-state index is -1.56. The fourth-order valence-electron chi connectivity index (χ4n) is 2.51. The maximum Gasteiger partial charge on any atom is 0.0799 e. The summed E-state index contributed by atoms with van der Waals surface area (Å²) < 4.78 is 16.6. The van der Waals surface area contributed by atoms with Gasteiger partial charge in [0, 0.05) is 29.0 Å². The summed E-state index contributed by atoms with van der Waals surface area (Å²) in [7, 11) is -1.56. The molecule has 1 heterocycles. The van der Waals surface area contributed by atoms with Gasteiger partial charge in [-0.25, -0.2) is 0 Å². The first-order valence-electron chi connectivity index (χ1n) is 8.84. The standard InChI is InChI=1S/C20H28NSi.Ir/c1-14(2)16-8-10-17(11-9-16)19-12-18(15(3)4)20(13-21-19)22(5,6)7;/h8-10,12-15H,1-7H3;/q-1;/i14D,15D;. The second kappa shape index (κ2) is 7.87. The molecule has 0 atom stereocenters. The third-order valence-electron chi connectivity index (χ3n) is 3.92. The molecule has 0 bridgehead atoms. The van der Waals surface area contributed by atoms with Crippen LogP contribution in [-0.4, -0.2) is 13.1 Å². The molecule has 0 aliphatic rings. The van der Waals surface area contributed by atoms with Gasteiger partial charge in [0.15, 0.2) is 0 Å². The summed E-state index contributed by atoms with van der Waals surface area (Å²) in [6.07, 6.45) is 1.96. The van der Waals surface area contributed by atoms with E-state index in [1.165, 1.54) is 5.19 Å². The van der Waals surface area contributed by atoms with E-state index in [1.807, 2.05) is 52.1 Å². The molecule has 127 valence electrons. The molecule has 1 aromatic heterocycles. The van der Waals surface area contributed by atoms with Gasteiger partial charge in [0.1, 0.15) is 0 Å². The van der Waals surface area contributed by atoms with Crippen LogP contribution in [-0.2, 0) is 20.1 Å². The van der Waals surface area contributed by atoms with Gasteiger partial charge in [-0.05, 0) is 16.8 Å². The van der Waals surface area contributed by atoms with E-state index in [1.54, 1.807) is 0 Å². The molecule has 1 nitrogen and oxygen atoms in total. The summed E-state index contributed by atoms with van der Waals surface area (Å²) in [6, 6.07) is 11.1. The molecule has 0 N–H and O–H groups in total. The van der Waals surface area contributed by atoms with Crippen molar-refractivity contribution in [2.75, 3.05) is 0 Å². The SMILES string of the molecule is [2H]C(C)(C)c1c[c-]c(-c2cc(C([2H])(C)C)c([Si](C)(C)C)cn2)cc1.[Ir]. The van der Waals surface area contributed by atoms with Gasteiger partial charge < -0.3 is 4.98 Å². The summed E-state index contributed by atoms with van der Waals surface area (Å²) in [5.41, 5.74) is 3.76. The van der Waals surface area contributed by atoms with E-state index in [4.69, 9.17) is 2.74 Å². The Morgan fingerprint density at radius 2 is 1.74 bits per heavy atom. The van der Waals surface area contributed by atoms with Crippen LogP contribution in [0.15, 0.2) is 30.5 Å². The van der Waals surface area contributed by atoms with Crippen molar-refractivity contribution in [1.82, 2.24) is 4.98 Å². The Kier molecular flexibility index (Phi) is 5.84. The largest absolute Gasteiger partial charge is 0.305 e. The molecule has 2 aromatic rings. The van der Waals surface area contributed by atoms with Gasteiger partial charge in [-0.1, -0.05) is 64.9 Å². The molecule has 23 heavy (non-hydrogen) atoms. The van der Waals surface area contributed by atoms with E-state index < -0.39 is 19.9 Å². The number of pyridine rings is 1. The van der Waals surface area contributed by atoms with Gasteiger partial charge in [0.05, 0.1) is 8.07 Å². The average molecular weight is 505 g/mol. The molecule has 0 aliphatic carbocycles. The minimum Gasteiger partial charge on any atom is -0.305 e. The van der Waals surface area contributed by atoms with Crippen molar-refractivity contribution in [3.05, 3.63) is 47.7 Å². The Morgan fingerprint density at radius 3 is 2.17 bits per heavy atom. The van der Waals surface area contributed by atoms with Gasteiger partial charge in [-0.3, -0.25) is 0 Å². The Labute approximate surface area is 159 Å². The van der Waals surface area contributed by atoms with Gasteiger partial charge >= 0.3 is 0 Å². The van der Waals surface area contributed by atoms with Crippen molar-refractivity contribution < 1.29 is 22.8 Å². The first-order valence-corrected chi connectivity index (χ1v) is 11.3. The van der Waals surface area contributed by atoms with Crippen LogP contribution in [0.3, 0.4) is 0 Å². The molecule has 0 fully saturated rings. The Morgan fingerprint density at radius 1 is 1.09 bits per heavy atom. The maximum absolute atomic E-state index is 8.53. The van der Waals surface area contributed by atoms with E-state index in [0.29, 0.717) is 0 Å². The smallest absolute Gasteiger partial charge is 0.0799 e. The zero-order valence-corrected chi connectivity index (χ0v) is 18.6. The molecule has 1 radical (unpaired) electrons. The predicted octanol–water partition coefficient (Wildman–Crippen LogP) is 5.34. The third-order valence-corrected chi connectivity index (χ3v) is 5.93. The molecule has 0 aliphatic heterocycles. The molecule has 0 saturated heterocycles. The quantitative estimate of drug-likeness (QED) is 0.405. The molecule has 0 saturated carbocycles. The molecule has 0 spiro atoms. The monoisotopic (exact) mass is 505 g/mol. The minimum absolute atomic E-state index is 0. The number of nitrogens with zero attached hydrogens (tertiary/aromatic N) is 1. The fraction of sp³-hybridized carbons (Fsp3) is 0.450. The van der Waals surface area contributed by atoms with E-state index in [9.17, 15) is 0 Å². The predicted molar refractivity (Wildman–Crippen MR) is 99.7 cm³/mol. The van der Waals surface area contributed by atoms with E-state index in [0.717, 1.165) is 22.4 Å². The molecular weight excluding hydrogens is 475 g/mol. The zero-order valence-electron chi connectivity index (χ0n) is 17.2.